The lowest BCUT2D eigenvalue weighted by atomic mass is 9.97. The van der Waals surface area contributed by atoms with Crippen molar-refractivity contribution >= 4 is 41.4 Å². The Hall–Kier alpha value is -3.75. The highest BCUT2D eigenvalue weighted by molar-refractivity contribution is 5.96. The second-order valence-corrected chi connectivity index (χ2v) is 7.78. The van der Waals surface area contributed by atoms with Crippen molar-refractivity contribution in [3.8, 4) is 0 Å². The van der Waals surface area contributed by atoms with Crippen LogP contribution in [0.5, 0.6) is 0 Å². The molecule has 6 amide bonds. The molecule has 0 radical (unpaired) electrons. The molecule has 0 aromatic rings. The van der Waals surface area contributed by atoms with Crippen molar-refractivity contribution in [2.24, 2.45) is 28.9 Å². The molecule has 0 saturated carbocycles. The summed E-state index contributed by atoms with van der Waals surface area (Å²) in [5, 5.41) is 15.9. The SMILES string of the molecule is CCC(C)C(NC(=O)C(CC(N)=O)NC(=O)C(N)CCC(N)=O)C(=O)NC(CC(N)=O)C(=O)O. The predicted octanol–water partition coefficient (Wildman–Crippen LogP) is -4.08. The molecule has 0 fully saturated rings. The Morgan fingerprint density at radius 1 is 0.765 bits per heavy atom. The van der Waals surface area contributed by atoms with E-state index in [1.165, 1.54) is 0 Å². The average molecular weight is 488 g/mol. The van der Waals surface area contributed by atoms with Crippen LogP contribution >= 0.6 is 0 Å². The number of carboxylic acid groups (broad SMARTS) is 1. The van der Waals surface area contributed by atoms with Gasteiger partial charge in [0.05, 0.1) is 18.9 Å². The maximum absolute atomic E-state index is 12.8. The Morgan fingerprint density at radius 3 is 1.71 bits per heavy atom. The van der Waals surface area contributed by atoms with Crippen molar-refractivity contribution in [2.75, 3.05) is 0 Å². The molecule has 0 rings (SSSR count). The highest BCUT2D eigenvalue weighted by Crippen LogP contribution is 2.10. The van der Waals surface area contributed by atoms with Crippen molar-refractivity contribution in [1.82, 2.24) is 16.0 Å². The van der Waals surface area contributed by atoms with Gasteiger partial charge in [-0.15, -0.1) is 0 Å². The number of carbonyl (C=O) groups is 7. The summed E-state index contributed by atoms with van der Waals surface area (Å²) in [4.78, 5) is 82.5. The number of aliphatic carboxylic acids is 1. The molecule has 0 aromatic heterocycles. The maximum Gasteiger partial charge on any atom is 0.326 e. The first-order valence-corrected chi connectivity index (χ1v) is 10.4. The highest BCUT2D eigenvalue weighted by Gasteiger charge is 2.33. The molecule has 0 aliphatic rings. The van der Waals surface area contributed by atoms with Gasteiger partial charge in [-0.3, -0.25) is 28.8 Å². The van der Waals surface area contributed by atoms with E-state index < -0.39 is 84.3 Å². The zero-order chi connectivity index (χ0) is 26.6. The lowest BCUT2D eigenvalue weighted by Gasteiger charge is -2.27. The van der Waals surface area contributed by atoms with Crippen LogP contribution in [0.4, 0.5) is 0 Å². The normalized spacial score (nSPS) is 15.0. The molecular weight excluding hydrogens is 454 g/mol. The summed E-state index contributed by atoms with van der Waals surface area (Å²) in [6.07, 6.45) is -1.23. The van der Waals surface area contributed by atoms with Gasteiger partial charge in [0.15, 0.2) is 0 Å². The summed E-state index contributed by atoms with van der Waals surface area (Å²) in [6, 6.07) is -5.64. The van der Waals surface area contributed by atoms with Crippen molar-refractivity contribution in [1.29, 1.82) is 0 Å². The molecular formula is C19H33N7O8. The van der Waals surface area contributed by atoms with Crippen molar-refractivity contribution in [2.45, 2.75) is 70.1 Å². The van der Waals surface area contributed by atoms with Gasteiger partial charge in [0, 0.05) is 6.42 Å². The number of carboxylic acids is 1. The number of hydrogen-bond donors (Lipinski definition) is 8. The monoisotopic (exact) mass is 487 g/mol. The minimum Gasteiger partial charge on any atom is -0.480 e. The van der Waals surface area contributed by atoms with Gasteiger partial charge in [-0.1, -0.05) is 20.3 Å². The van der Waals surface area contributed by atoms with Crippen LogP contribution in [0.1, 0.15) is 46.0 Å². The van der Waals surface area contributed by atoms with Crippen LogP contribution in [-0.2, 0) is 33.6 Å². The van der Waals surface area contributed by atoms with E-state index in [0.29, 0.717) is 6.42 Å². The second-order valence-electron chi connectivity index (χ2n) is 7.78. The predicted molar refractivity (Wildman–Crippen MR) is 117 cm³/mol. The second kappa shape index (κ2) is 14.4. The topological polar surface area (TPSA) is 280 Å². The molecule has 0 saturated heterocycles. The van der Waals surface area contributed by atoms with E-state index in [9.17, 15) is 38.7 Å². The Labute approximate surface area is 195 Å². The van der Waals surface area contributed by atoms with Crippen LogP contribution in [0.3, 0.4) is 0 Å². The third-order valence-electron chi connectivity index (χ3n) is 4.89. The van der Waals surface area contributed by atoms with E-state index in [0.717, 1.165) is 0 Å². The molecule has 0 aliphatic heterocycles. The standard InChI is InChI=1S/C19H33N7O8/c1-3-8(2)15(18(32)25-11(19(33)34)7-14(23)29)26-17(31)10(6-13(22)28)24-16(30)9(20)4-5-12(21)27/h8-11,15H,3-7,20H2,1-2H3,(H2,21,27)(H2,22,28)(H2,23,29)(H,24,30)(H,25,32)(H,26,31)(H,33,34). The van der Waals surface area contributed by atoms with Gasteiger partial charge < -0.3 is 44.0 Å². The van der Waals surface area contributed by atoms with Crippen molar-refractivity contribution in [3.05, 3.63) is 0 Å². The Morgan fingerprint density at radius 2 is 1.26 bits per heavy atom. The molecule has 0 heterocycles. The summed E-state index contributed by atoms with van der Waals surface area (Å²) in [5.74, 6) is -7.36. The summed E-state index contributed by atoms with van der Waals surface area (Å²) in [5.41, 5.74) is 20.8. The summed E-state index contributed by atoms with van der Waals surface area (Å²) >= 11 is 0. The Kier molecular flexibility index (Phi) is 12.8. The van der Waals surface area contributed by atoms with Gasteiger partial charge in [0.25, 0.3) is 0 Å². The van der Waals surface area contributed by atoms with Gasteiger partial charge in [-0.2, -0.15) is 0 Å². The van der Waals surface area contributed by atoms with Crippen molar-refractivity contribution < 1.29 is 38.7 Å². The lowest BCUT2D eigenvalue weighted by molar-refractivity contribution is -0.144. The fraction of sp³-hybridized carbons (Fsp3) is 0.632. The molecule has 0 aromatic carbocycles. The van der Waals surface area contributed by atoms with Crippen LogP contribution in [0.15, 0.2) is 0 Å². The Bertz CT molecular complexity index is 804. The number of rotatable bonds is 16. The number of amides is 6. The maximum atomic E-state index is 12.8. The van der Waals surface area contributed by atoms with E-state index in [-0.39, 0.29) is 12.8 Å². The minimum absolute atomic E-state index is 0.111. The first-order chi connectivity index (χ1) is 15.7. The summed E-state index contributed by atoms with van der Waals surface area (Å²) in [6.45, 7) is 3.30. The zero-order valence-corrected chi connectivity index (χ0v) is 19.0. The van der Waals surface area contributed by atoms with Gasteiger partial charge in [0.2, 0.25) is 35.4 Å². The average Bonchev–Trinajstić information content (AvgIpc) is 2.72. The molecule has 34 heavy (non-hydrogen) atoms. The number of nitrogens with one attached hydrogen (secondary N) is 3. The van der Waals surface area contributed by atoms with Gasteiger partial charge in [-0.05, 0) is 12.3 Å². The number of primary amides is 3. The third-order valence-corrected chi connectivity index (χ3v) is 4.89. The first-order valence-electron chi connectivity index (χ1n) is 10.4. The minimum atomic E-state index is -1.63. The van der Waals surface area contributed by atoms with E-state index in [4.69, 9.17) is 22.9 Å². The van der Waals surface area contributed by atoms with Gasteiger partial charge >= 0.3 is 5.97 Å². The number of nitrogens with two attached hydrogens (primary N) is 4. The van der Waals surface area contributed by atoms with Gasteiger partial charge in [0.1, 0.15) is 18.1 Å². The van der Waals surface area contributed by atoms with Crippen LogP contribution in [-0.4, -0.2) is 70.7 Å². The van der Waals surface area contributed by atoms with Crippen LogP contribution in [0, 0.1) is 5.92 Å². The molecule has 15 heteroatoms. The molecule has 0 aliphatic carbocycles. The smallest absolute Gasteiger partial charge is 0.326 e. The fourth-order valence-electron chi connectivity index (χ4n) is 2.74. The lowest BCUT2D eigenvalue weighted by Crippen LogP contribution is -2.59. The molecule has 5 unspecified atom stereocenters. The largest absolute Gasteiger partial charge is 0.480 e. The zero-order valence-electron chi connectivity index (χ0n) is 19.0. The summed E-state index contributed by atoms with van der Waals surface area (Å²) < 4.78 is 0. The molecule has 15 nitrogen and oxygen atoms in total. The van der Waals surface area contributed by atoms with E-state index in [1.54, 1.807) is 13.8 Å². The highest BCUT2D eigenvalue weighted by atomic mass is 16.4. The molecule has 5 atom stereocenters. The molecule has 192 valence electrons. The van der Waals surface area contributed by atoms with E-state index in [2.05, 4.69) is 16.0 Å². The number of carbonyl (C=O) groups excluding carboxylic acids is 6. The third kappa shape index (κ3) is 11.2. The van der Waals surface area contributed by atoms with Crippen molar-refractivity contribution in [3.63, 3.8) is 0 Å². The van der Waals surface area contributed by atoms with Crippen LogP contribution < -0.4 is 38.9 Å². The van der Waals surface area contributed by atoms with Gasteiger partial charge in [-0.25, -0.2) is 4.79 Å². The van der Waals surface area contributed by atoms with Crippen LogP contribution in [0.25, 0.3) is 0 Å². The van der Waals surface area contributed by atoms with E-state index >= 15 is 0 Å². The summed E-state index contributed by atoms with van der Waals surface area (Å²) in [7, 11) is 0. The Balaban J connectivity index is 5.57. The quantitative estimate of drug-likeness (QED) is 0.105. The molecule has 0 spiro atoms. The molecule has 0 bridgehead atoms. The van der Waals surface area contributed by atoms with Crippen LogP contribution in [0.2, 0.25) is 0 Å². The number of hydrogen-bond acceptors (Lipinski definition) is 8. The first kappa shape index (κ1) is 30.2. The van der Waals surface area contributed by atoms with E-state index in [1.807, 2.05) is 0 Å². The molecule has 12 N–H and O–H groups in total. The fourth-order valence-corrected chi connectivity index (χ4v) is 2.74.